The van der Waals surface area contributed by atoms with E-state index in [0.29, 0.717) is 6.54 Å². The summed E-state index contributed by atoms with van der Waals surface area (Å²) >= 11 is 0. The van der Waals surface area contributed by atoms with Crippen LogP contribution in [-0.4, -0.2) is 19.8 Å². The first kappa shape index (κ1) is 9.75. The van der Waals surface area contributed by atoms with Crippen molar-refractivity contribution >= 4 is 0 Å². The summed E-state index contributed by atoms with van der Waals surface area (Å²) in [7, 11) is 0. The molecule has 0 aliphatic heterocycles. The molecule has 1 aliphatic rings. The zero-order valence-corrected chi connectivity index (χ0v) is 7.67. The van der Waals surface area contributed by atoms with Gasteiger partial charge in [0, 0.05) is 13.2 Å². The number of hydrogen-bond acceptors (Lipinski definition) is 2. The lowest BCUT2D eigenvalue weighted by molar-refractivity contribution is 0.128. The molecule has 0 radical (unpaired) electrons. The van der Waals surface area contributed by atoms with Crippen LogP contribution in [0.1, 0.15) is 25.7 Å². The second-order valence-corrected chi connectivity index (χ2v) is 3.37. The van der Waals surface area contributed by atoms with Gasteiger partial charge >= 0.3 is 0 Å². The first-order chi connectivity index (χ1) is 5.93. The summed E-state index contributed by atoms with van der Waals surface area (Å²) in [6.45, 7) is 2.26. The van der Waals surface area contributed by atoms with E-state index in [-0.39, 0.29) is 0 Å². The van der Waals surface area contributed by atoms with Crippen LogP contribution in [0.3, 0.4) is 0 Å². The quantitative estimate of drug-likeness (QED) is 0.485. The van der Waals surface area contributed by atoms with Crippen LogP contribution in [-0.2, 0) is 4.74 Å². The van der Waals surface area contributed by atoms with Gasteiger partial charge in [-0.25, -0.2) is 0 Å². The predicted molar refractivity (Wildman–Crippen MR) is 51.0 cm³/mol. The maximum atomic E-state index is 5.40. The molecule has 1 fully saturated rings. The van der Waals surface area contributed by atoms with Crippen molar-refractivity contribution in [2.24, 2.45) is 11.7 Å². The first-order valence-electron chi connectivity index (χ1n) is 4.86. The summed E-state index contributed by atoms with van der Waals surface area (Å²) in [5.74, 6) is 0.962. The molecule has 0 spiro atoms. The third-order valence-corrected chi connectivity index (χ3v) is 2.41. The lowest BCUT2D eigenvalue weighted by Crippen LogP contribution is -2.13. The normalized spacial score (nSPS) is 18.4. The molecule has 0 aromatic rings. The van der Waals surface area contributed by atoms with E-state index in [2.05, 4.69) is 0 Å². The summed E-state index contributed by atoms with van der Waals surface area (Å²) in [6, 6.07) is 0. The van der Waals surface area contributed by atoms with Crippen LogP contribution in [0.25, 0.3) is 0 Å². The van der Waals surface area contributed by atoms with Gasteiger partial charge in [-0.1, -0.05) is 31.4 Å². The van der Waals surface area contributed by atoms with Gasteiger partial charge in [0.15, 0.2) is 0 Å². The van der Waals surface area contributed by atoms with Crippen molar-refractivity contribution in [1.82, 2.24) is 0 Å². The molecule has 1 aliphatic carbocycles. The van der Waals surface area contributed by atoms with Gasteiger partial charge in [0.05, 0.1) is 6.61 Å². The Morgan fingerprint density at radius 3 is 2.75 bits per heavy atom. The molecule has 70 valence electrons. The summed E-state index contributed by atoms with van der Waals surface area (Å²) in [5, 5.41) is 0. The summed E-state index contributed by atoms with van der Waals surface area (Å²) in [5.41, 5.74) is 5.28. The minimum Gasteiger partial charge on any atom is -0.377 e. The highest BCUT2D eigenvalue weighted by Crippen LogP contribution is 2.28. The molecular weight excluding hydrogens is 150 g/mol. The molecule has 0 aromatic carbocycles. The average molecular weight is 169 g/mol. The Morgan fingerprint density at radius 1 is 1.33 bits per heavy atom. The van der Waals surface area contributed by atoms with E-state index >= 15 is 0 Å². The molecule has 2 nitrogen and oxygen atoms in total. The van der Waals surface area contributed by atoms with E-state index in [0.717, 1.165) is 19.1 Å². The third-order valence-electron chi connectivity index (χ3n) is 2.41. The van der Waals surface area contributed by atoms with Gasteiger partial charge in [-0.3, -0.25) is 0 Å². The van der Waals surface area contributed by atoms with Gasteiger partial charge in [0.2, 0.25) is 0 Å². The molecule has 0 saturated heterocycles. The lowest BCUT2D eigenvalue weighted by Gasteiger charge is -2.24. The minimum atomic E-state index is 0.617. The molecule has 2 N–H and O–H groups in total. The maximum absolute atomic E-state index is 5.40. The van der Waals surface area contributed by atoms with Gasteiger partial charge in [-0.2, -0.15) is 0 Å². The zero-order chi connectivity index (χ0) is 8.65. The fraction of sp³-hybridized carbons (Fsp3) is 0.800. The van der Waals surface area contributed by atoms with Crippen molar-refractivity contribution < 1.29 is 4.74 Å². The van der Waals surface area contributed by atoms with Crippen molar-refractivity contribution in [3.63, 3.8) is 0 Å². The van der Waals surface area contributed by atoms with Crippen molar-refractivity contribution in [3.8, 4) is 0 Å². The monoisotopic (exact) mass is 169 g/mol. The molecule has 1 rings (SSSR count). The predicted octanol–water partition coefficient (Wildman–Crippen LogP) is 1.71. The van der Waals surface area contributed by atoms with Crippen LogP contribution in [0.2, 0.25) is 0 Å². The topological polar surface area (TPSA) is 35.2 Å². The van der Waals surface area contributed by atoms with E-state index < -0.39 is 0 Å². The molecule has 0 unspecified atom stereocenters. The van der Waals surface area contributed by atoms with Crippen LogP contribution in [0.15, 0.2) is 12.2 Å². The molecule has 2 heteroatoms. The van der Waals surface area contributed by atoms with Crippen LogP contribution >= 0.6 is 0 Å². The Bertz CT molecular complexity index is 130. The van der Waals surface area contributed by atoms with Crippen molar-refractivity contribution in [2.45, 2.75) is 25.7 Å². The standard InChI is InChI=1S/C10H19NO/c11-7-1-2-8-12-9-6-10-4-3-5-10/h1-2,10H,3-9,11H2/b2-1+. The van der Waals surface area contributed by atoms with Gasteiger partial charge in [0.25, 0.3) is 0 Å². The van der Waals surface area contributed by atoms with Crippen molar-refractivity contribution in [1.29, 1.82) is 0 Å². The first-order valence-corrected chi connectivity index (χ1v) is 4.86. The summed E-state index contributed by atoms with van der Waals surface area (Å²) in [4.78, 5) is 0. The fourth-order valence-electron chi connectivity index (χ4n) is 1.35. The number of nitrogens with two attached hydrogens (primary N) is 1. The molecular formula is C10H19NO. The molecule has 0 bridgehead atoms. The van der Waals surface area contributed by atoms with E-state index in [1.807, 2.05) is 12.2 Å². The second kappa shape index (κ2) is 6.21. The zero-order valence-electron chi connectivity index (χ0n) is 7.67. The summed E-state index contributed by atoms with van der Waals surface area (Å²) in [6.07, 6.45) is 9.43. The van der Waals surface area contributed by atoms with Gasteiger partial charge in [-0.05, 0) is 12.3 Å². The molecule has 0 aromatic heterocycles. The number of rotatable bonds is 6. The van der Waals surface area contributed by atoms with Gasteiger partial charge in [-0.15, -0.1) is 0 Å². The van der Waals surface area contributed by atoms with Gasteiger partial charge < -0.3 is 10.5 Å². The Balaban J connectivity index is 1.79. The molecule has 0 atom stereocenters. The van der Waals surface area contributed by atoms with Crippen LogP contribution in [0.4, 0.5) is 0 Å². The maximum Gasteiger partial charge on any atom is 0.0647 e. The Morgan fingerprint density at radius 2 is 2.17 bits per heavy atom. The van der Waals surface area contributed by atoms with Crippen molar-refractivity contribution in [2.75, 3.05) is 19.8 Å². The highest BCUT2D eigenvalue weighted by atomic mass is 16.5. The molecule has 1 saturated carbocycles. The van der Waals surface area contributed by atoms with Gasteiger partial charge in [0.1, 0.15) is 0 Å². The number of ether oxygens (including phenoxy) is 1. The largest absolute Gasteiger partial charge is 0.377 e. The molecule has 0 amide bonds. The van der Waals surface area contributed by atoms with Crippen LogP contribution in [0, 0.1) is 5.92 Å². The van der Waals surface area contributed by atoms with E-state index in [1.54, 1.807) is 0 Å². The highest BCUT2D eigenvalue weighted by molar-refractivity contribution is 4.81. The smallest absolute Gasteiger partial charge is 0.0647 e. The number of hydrogen-bond donors (Lipinski definition) is 1. The van der Waals surface area contributed by atoms with E-state index in [4.69, 9.17) is 10.5 Å². The molecule has 0 heterocycles. The highest BCUT2D eigenvalue weighted by Gasteiger charge is 2.16. The minimum absolute atomic E-state index is 0.617. The third kappa shape index (κ3) is 3.88. The van der Waals surface area contributed by atoms with Crippen LogP contribution < -0.4 is 5.73 Å². The van der Waals surface area contributed by atoms with E-state index in [1.165, 1.54) is 25.7 Å². The Labute approximate surface area is 74.8 Å². The lowest BCUT2D eigenvalue weighted by atomic mass is 9.83. The second-order valence-electron chi connectivity index (χ2n) is 3.37. The SMILES string of the molecule is NC/C=C/COCCC1CCC1. The van der Waals surface area contributed by atoms with Crippen LogP contribution in [0.5, 0.6) is 0 Å². The van der Waals surface area contributed by atoms with E-state index in [9.17, 15) is 0 Å². The fourth-order valence-corrected chi connectivity index (χ4v) is 1.35. The Hall–Kier alpha value is -0.340. The van der Waals surface area contributed by atoms with Crippen molar-refractivity contribution in [3.05, 3.63) is 12.2 Å². The molecule has 12 heavy (non-hydrogen) atoms. The average Bonchev–Trinajstić information content (AvgIpc) is 2.00. The Kier molecular flexibility index (Phi) is 5.04. The summed E-state index contributed by atoms with van der Waals surface area (Å²) < 4.78 is 5.40.